The zero-order chi connectivity index (χ0) is 26.9. The zero-order valence-electron chi connectivity index (χ0n) is 23.0. The molecule has 1 aliphatic heterocycles. The second kappa shape index (κ2) is 13.9. The number of aromatic hydroxyl groups is 1. The maximum Gasteiger partial charge on any atom is 0.255 e. The summed E-state index contributed by atoms with van der Waals surface area (Å²) in [5.74, 6) is 1.02. The third-order valence-corrected chi connectivity index (χ3v) is 8.49. The average molecular weight is 526 g/mol. The molecule has 1 saturated carbocycles. The molecule has 208 valence electrons. The van der Waals surface area contributed by atoms with E-state index in [0.717, 1.165) is 62.7 Å². The fraction of sp³-hybridized carbons (Fsp3) is 0.581. The lowest BCUT2D eigenvalue weighted by atomic mass is 9.77. The van der Waals surface area contributed by atoms with Gasteiger partial charge in [-0.2, -0.15) is 0 Å². The summed E-state index contributed by atoms with van der Waals surface area (Å²) in [6.07, 6.45) is 8.16. The van der Waals surface area contributed by atoms with Gasteiger partial charge >= 0.3 is 0 Å². The highest BCUT2D eigenvalue weighted by Gasteiger charge is 2.28. The van der Waals surface area contributed by atoms with Gasteiger partial charge in [-0.15, -0.1) is 0 Å². The largest absolute Gasteiger partial charge is 0.507 e. The van der Waals surface area contributed by atoms with Gasteiger partial charge in [-0.1, -0.05) is 31.0 Å². The van der Waals surface area contributed by atoms with Crippen LogP contribution in [0.5, 0.6) is 5.75 Å². The van der Waals surface area contributed by atoms with E-state index in [2.05, 4.69) is 15.1 Å². The molecule has 2 aliphatic rings. The number of carbonyl (C=O) groups excluding carboxylic acids is 1. The summed E-state index contributed by atoms with van der Waals surface area (Å²) < 4.78 is 20.2. The van der Waals surface area contributed by atoms with Crippen molar-refractivity contribution >= 4 is 11.6 Å². The summed E-state index contributed by atoms with van der Waals surface area (Å²) in [7, 11) is 1.81. The van der Waals surface area contributed by atoms with E-state index in [1.54, 1.807) is 31.4 Å². The van der Waals surface area contributed by atoms with Crippen molar-refractivity contribution in [2.24, 2.45) is 11.8 Å². The van der Waals surface area contributed by atoms with E-state index < -0.39 is 0 Å². The fourth-order valence-electron chi connectivity index (χ4n) is 6.11. The molecule has 0 radical (unpaired) electrons. The highest BCUT2D eigenvalue weighted by molar-refractivity contribution is 5.96. The lowest BCUT2D eigenvalue weighted by molar-refractivity contribution is 0.0212. The van der Waals surface area contributed by atoms with Crippen molar-refractivity contribution in [3.8, 4) is 5.75 Å². The second-order valence-corrected chi connectivity index (χ2v) is 11.0. The summed E-state index contributed by atoms with van der Waals surface area (Å²) in [4.78, 5) is 17.0. The van der Waals surface area contributed by atoms with E-state index in [1.807, 2.05) is 19.1 Å². The Bertz CT molecular complexity index is 1030. The molecule has 1 aliphatic carbocycles. The molecule has 0 spiro atoms. The zero-order valence-corrected chi connectivity index (χ0v) is 23.0. The lowest BCUT2D eigenvalue weighted by Crippen LogP contribution is -2.47. The van der Waals surface area contributed by atoms with Crippen molar-refractivity contribution in [3.63, 3.8) is 0 Å². The number of aryl methyl sites for hydroxylation is 1. The summed E-state index contributed by atoms with van der Waals surface area (Å²) in [6, 6.07) is 12.2. The van der Waals surface area contributed by atoms with Gasteiger partial charge in [0.25, 0.3) is 5.91 Å². The molecular formula is C31H44FN3O3. The Morgan fingerprint density at radius 2 is 1.84 bits per heavy atom. The summed E-state index contributed by atoms with van der Waals surface area (Å²) in [6.45, 7) is 7.39. The van der Waals surface area contributed by atoms with Crippen LogP contribution in [0.15, 0.2) is 42.5 Å². The van der Waals surface area contributed by atoms with Crippen molar-refractivity contribution in [2.45, 2.75) is 58.0 Å². The van der Waals surface area contributed by atoms with Crippen molar-refractivity contribution in [1.82, 2.24) is 10.2 Å². The van der Waals surface area contributed by atoms with Crippen LogP contribution in [0.2, 0.25) is 0 Å². The number of nitrogens with one attached hydrogen (secondary N) is 1. The Morgan fingerprint density at radius 3 is 2.53 bits per heavy atom. The molecule has 1 saturated heterocycles. The van der Waals surface area contributed by atoms with Crippen LogP contribution in [0.3, 0.4) is 0 Å². The van der Waals surface area contributed by atoms with Crippen LogP contribution < -0.4 is 10.2 Å². The predicted octanol–water partition coefficient (Wildman–Crippen LogP) is 5.38. The normalized spacial score (nSPS) is 21.3. The number of rotatable bonds is 11. The molecule has 2 N–H and O–H groups in total. The molecule has 1 unspecified atom stereocenters. The molecule has 1 amide bonds. The number of halogens is 1. The number of hydrogen-bond acceptors (Lipinski definition) is 5. The van der Waals surface area contributed by atoms with Gasteiger partial charge in [0.2, 0.25) is 0 Å². The van der Waals surface area contributed by atoms with E-state index in [1.165, 1.54) is 38.2 Å². The Hall–Kier alpha value is -2.64. The Morgan fingerprint density at radius 1 is 1.11 bits per heavy atom. The van der Waals surface area contributed by atoms with Crippen LogP contribution in [0, 0.1) is 24.6 Å². The molecule has 38 heavy (non-hydrogen) atoms. The van der Waals surface area contributed by atoms with E-state index in [9.17, 15) is 14.3 Å². The van der Waals surface area contributed by atoms with Gasteiger partial charge in [-0.25, -0.2) is 4.39 Å². The quantitative estimate of drug-likeness (QED) is 0.386. The standard InChI is InChI=1S/C31H44FN3O3/c1-23-9-14-28(27(32)22-23)35-20-18-34(19-21-35)17-15-24-10-12-25(13-11-24)30(38-2)8-5-16-33-31(37)26-6-3-4-7-29(26)36/h3-4,6-7,9,14,22,24-25,30,36H,5,8,10-13,15-21H2,1-2H3,(H,33,37). The van der Waals surface area contributed by atoms with E-state index >= 15 is 0 Å². The number of hydrogen-bond donors (Lipinski definition) is 2. The van der Waals surface area contributed by atoms with Crippen LogP contribution in [-0.4, -0.2) is 68.4 Å². The fourth-order valence-corrected chi connectivity index (χ4v) is 6.11. The Labute approximate surface area is 227 Å². The molecular weight excluding hydrogens is 481 g/mol. The maximum absolute atomic E-state index is 14.3. The number of benzene rings is 2. The van der Waals surface area contributed by atoms with Crippen LogP contribution >= 0.6 is 0 Å². The van der Waals surface area contributed by atoms with Gasteiger partial charge in [-0.3, -0.25) is 9.69 Å². The smallest absolute Gasteiger partial charge is 0.255 e. The lowest BCUT2D eigenvalue weighted by Gasteiger charge is -2.38. The van der Waals surface area contributed by atoms with Crippen LogP contribution in [0.4, 0.5) is 10.1 Å². The summed E-state index contributed by atoms with van der Waals surface area (Å²) in [5.41, 5.74) is 2.01. The monoisotopic (exact) mass is 525 g/mol. The average Bonchev–Trinajstić information content (AvgIpc) is 2.93. The highest BCUT2D eigenvalue weighted by atomic mass is 19.1. The first-order valence-corrected chi connectivity index (χ1v) is 14.3. The number of piperazine rings is 1. The first-order chi connectivity index (χ1) is 18.4. The number of phenolic OH excluding ortho intramolecular Hbond substituents is 1. The van der Waals surface area contributed by atoms with E-state index in [-0.39, 0.29) is 23.6 Å². The van der Waals surface area contributed by atoms with Gasteiger partial charge in [0.15, 0.2) is 0 Å². The SMILES string of the molecule is COC(CCCNC(=O)c1ccccc1O)C1CCC(CCN2CCN(c3ccc(C)cc3F)CC2)CC1. The molecule has 7 heteroatoms. The number of methoxy groups -OCH3 is 1. The number of phenols is 1. The predicted molar refractivity (Wildman–Crippen MR) is 150 cm³/mol. The first kappa shape index (κ1) is 28.4. The maximum atomic E-state index is 14.3. The van der Waals surface area contributed by atoms with Crippen molar-refractivity contribution in [3.05, 3.63) is 59.4 Å². The van der Waals surface area contributed by atoms with Crippen molar-refractivity contribution < 1.29 is 19.0 Å². The minimum atomic E-state index is -0.235. The molecule has 2 fully saturated rings. The van der Waals surface area contributed by atoms with Crippen LogP contribution in [0.1, 0.15) is 60.9 Å². The molecule has 1 atom stereocenters. The molecule has 6 nitrogen and oxygen atoms in total. The second-order valence-electron chi connectivity index (χ2n) is 11.0. The van der Waals surface area contributed by atoms with E-state index in [4.69, 9.17) is 4.74 Å². The summed E-state index contributed by atoms with van der Waals surface area (Å²) in [5, 5.41) is 12.8. The first-order valence-electron chi connectivity index (χ1n) is 14.3. The Balaban J connectivity index is 1.11. The number of anilines is 1. The minimum Gasteiger partial charge on any atom is -0.507 e. The van der Waals surface area contributed by atoms with Gasteiger partial charge in [0.05, 0.1) is 17.4 Å². The minimum absolute atomic E-state index is 0.0106. The summed E-state index contributed by atoms with van der Waals surface area (Å²) >= 11 is 0. The number of amides is 1. The van der Waals surface area contributed by atoms with Gasteiger partial charge in [-0.05, 0) is 87.2 Å². The van der Waals surface area contributed by atoms with Crippen molar-refractivity contribution in [1.29, 1.82) is 0 Å². The van der Waals surface area contributed by atoms with Crippen LogP contribution in [0.25, 0.3) is 0 Å². The molecule has 2 aromatic carbocycles. The van der Waals surface area contributed by atoms with Gasteiger partial charge < -0.3 is 20.1 Å². The number of ether oxygens (including phenoxy) is 1. The van der Waals surface area contributed by atoms with Crippen molar-refractivity contribution in [2.75, 3.05) is 51.3 Å². The topological polar surface area (TPSA) is 65.0 Å². The highest BCUT2D eigenvalue weighted by Crippen LogP contribution is 2.35. The third-order valence-electron chi connectivity index (χ3n) is 8.49. The molecule has 4 rings (SSSR count). The molecule has 0 aromatic heterocycles. The number of nitrogens with zero attached hydrogens (tertiary/aromatic N) is 2. The molecule has 0 bridgehead atoms. The molecule has 1 heterocycles. The van der Waals surface area contributed by atoms with Gasteiger partial charge in [0, 0.05) is 39.8 Å². The van der Waals surface area contributed by atoms with E-state index in [0.29, 0.717) is 18.0 Å². The third kappa shape index (κ3) is 7.70. The Kier molecular flexibility index (Phi) is 10.4. The molecule has 2 aromatic rings. The van der Waals surface area contributed by atoms with Crippen LogP contribution in [-0.2, 0) is 4.74 Å². The van der Waals surface area contributed by atoms with Gasteiger partial charge in [0.1, 0.15) is 11.6 Å². The number of para-hydroxylation sites is 1. The number of carbonyl (C=O) groups is 1.